The van der Waals surface area contributed by atoms with E-state index in [1.54, 1.807) is 6.92 Å². The van der Waals surface area contributed by atoms with E-state index in [4.69, 9.17) is 18.0 Å². The molecule has 1 amide bonds. The average Bonchev–Trinajstić information content (AvgIpc) is 2.38. The van der Waals surface area contributed by atoms with Crippen molar-refractivity contribution >= 4 is 23.1 Å². The lowest BCUT2D eigenvalue weighted by molar-refractivity contribution is -0.126. The molecule has 3 N–H and O–H groups in total. The van der Waals surface area contributed by atoms with Gasteiger partial charge in [-0.25, -0.2) is 0 Å². The van der Waals surface area contributed by atoms with E-state index in [9.17, 15) is 4.79 Å². The fourth-order valence-corrected chi connectivity index (χ4v) is 1.84. The molecule has 1 aromatic rings. The minimum Gasteiger partial charge on any atom is -0.392 e. The second-order valence-corrected chi connectivity index (χ2v) is 4.98. The number of nitrogens with two attached hydrogens (primary N) is 1. The third kappa shape index (κ3) is 3.53. The maximum atomic E-state index is 12.0. The van der Waals surface area contributed by atoms with Crippen molar-refractivity contribution in [2.24, 2.45) is 11.1 Å². The monoisotopic (exact) mass is 264 g/mol. The Morgan fingerprint density at radius 2 is 2.00 bits per heavy atom. The zero-order valence-electron chi connectivity index (χ0n) is 10.9. The summed E-state index contributed by atoms with van der Waals surface area (Å²) in [5, 5.41) is 2.90. The van der Waals surface area contributed by atoms with Gasteiger partial charge in [0.15, 0.2) is 0 Å². The lowest BCUT2D eigenvalue weighted by atomic mass is 9.86. The fraction of sp³-hybridized carbons (Fsp3) is 0.429. The first-order chi connectivity index (χ1) is 8.50. The van der Waals surface area contributed by atoms with Crippen LogP contribution in [0.5, 0.6) is 0 Å². The molecule has 0 saturated heterocycles. The van der Waals surface area contributed by atoms with Crippen molar-refractivity contribution in [1.29, 1.82) is 0 Å². The molecule has 3 nitrogen and oxygen atoms in total. The van der Waals surface area contributed by atoms with Crippen LogP contribution in [0, 0.1) is 5.41 Å². The Hall–Kier alpha value is -1.42. The summed E-state index contributed by atoms with van der Waals surface area (Å²) in [6.45, 7) is 4.30. The summed E-state index contributed by atoms with van der Waals surface area (Å²) in [6, 6.07) is 10.0. The third-order valence-electron chi connectivity index (χ3n) is 3.29. The summed E-state index contributed by atoms with van der Waals surface area (Å²) >= 11 is 4.97. The van der Waals surface area contributed by atoms with E-state index in [1.807, 2.05) is 37.3 Å². The zero-order valence-corrected chi connectivity index (χ0v) is 11.7. The lowest BCUT2D eigenvalue weighted by Gasteiger charge is -2.25. The Balaban J connectivity index is 2.49. The van der Waals surface area contributed by atoms with Crippen LogP contribution >= 0.6 is 12.2 Å². The molecule has 1 atom stereocenters. The highest BCUT2D eigenvalue weighted by atomic mass is 32.1. The summed E-state index contributed by atoms with van der Waals surface area (Å²) < 4.78 is 0. The summed E-state index contributed by atoms with van der Waals surface area (Å²) in [5.74, 6) is -0.0894. The van der Waals surface area contributed by atoms with Crippen molar-refractivity contribution in [2.45, 2.75) is 26.7 Å². The molecule has 0 radical (unpaired) electrons. The quantitative estimate of drug-likeness (QED) is 0.773. The van der Waals surface area contributed by atoms with Crippen LogP contribution in [0.2, 0.25) is 0 Å². The second kappa shape index (κ2) is 6.50. The summed E-state index contributed by atoms with van der Waals surface area (Å²) in [5.41, 5.74) is 6.09. The van der Waals surface area contributed by atoms with Crippen LogP contribution in [-0.4, -0.2) is 17.4 Å². The molecule has 0 aliphatic rings. The minimum atomic E-state index is -0.744. The molecule has 0 aliphatic carbocycles. The molecule has 0 aliphatic heterocycles. The maximum Gasteiger partial charge on any atom is 0.232 e. The van der Waals surface area contributed by atoms with E-state index < -0.39 is 5.41 Å². The molecule has 0 fully saturated rings. The highest BCUT2D eigenvalue weighted by Gasteiger charge is 2.34. The topological polar surface area (TPSA) is 55.1 Å². The maximum absolute atomic E-state index is 12.0. The van der Waals surface area contributed by atoms with Crippen molar-refractivity contribution in [2.75, 3.05) is 6.54 Å². The average molecular weight is 264 g/mol. The van der Waals surface area contributed by atoms with Gasteiger partial charge in [0, 0.05) is 6.54 Å². The molecular formula is C14H20N2OS. The predicted octanol–water partition coefficient (Wildman–Crippen LogP) is 2.05. The summed E-state index contributed by atoms with van der Waals surface area (Å²) in [6.07, 6.45) is 1.42. The van der Waals surface area contributed by atoms with Crippen LogP contribution in [-0.2, 0) is 11.2 Å². The van der Waals surface area contributed by atoms with Gasteiger partial charge in [0.05, 0.1) is 10.4 Å². The van der Waals surface area contributed by atoms with Gasteiger partial charge < -0.3 is 11.1 Å². The van der Waals surface area contributed by atoms with Gasteiger partial charge in [0.2, 0.25) is 5.91 Å². The van der Waals surface area contributed by atoms with Crippen LogP contribution in [0.4, 0.5) is 0 Å². The summed E-state index contributed by atoms with van der Waals surface area (Å²) in [7, 11) is 0. The number of carbonyl (C=O) groups is 1. The SMILES string of the molecule is CCC(C)(C(=O)NCCc1ccccc1)C(N)=S. The number of rotatable bonds is 6. The second-order valence-electron chi connectivity index (χ2n) is 4.54. The Morgan fingerprint density at radius 3 is 2.50 bits per heavy atom. The van der Waals surface area contributed by atoms with Crippen LogP contribution in [0.15, 0.2) is 30.3 Å². The van der Waals surface area contributed by atoms with Gasteiger partial charge in [0.1, 0.15) is 0 Å². The number of nitrogens with one attached hydrogen (secondary N) is 1. The zero-order chi connectivity index (χ0) is 13.6. The van der Waals surface area contributed by atoms with Gasteiger partial charge in [-0.15, -0.1) is 0 Å². The first kappa shape index (κ1) is 14.6. The van der Waals surface area contributed by atoms with Crippen molar-refractivity contribution < 1.29 is 4.79 Å². The van der Waals surface area contributed by atoms with E-state index in [0.29, 0.717) is 13.0 Å². The Bertz CT molecular complexity index is 419. The largest absolute Gasteiger partial charge is 0.392 e. The van der Waals surface area contributed by atoms with Crippen molar-refractivity contribution in [3.8, 4) is 0 Å². The fourth-order valence-electron chi connectivity index (χ4n) is 1.61. The van der Waals surface area contributed by atoms with Gasteiger partial charge in [-0.3, -0.25) is 4.79 Å². The van der Waals surface area contributed by atoms with Crippen molar-refractivity contribution in [3.05, 3.63) is 35.9 Å². The Kier molecular flexibility index (Phi) is 5.28. The van der Waals surface area contributed by atoms with Crippen LogP contribution in [0.3, 0.4) is 0 Å². The predicted molar refractivity (Wildman–Crippen MR) is 78.3 cm³/mol. The third-order valence-corrected chi connectivity index (χ3v) is 3.74. The number of carbonyl (C=O) groups excluding carboxylic acids is 1. The van der Waals surface area contributed by atoms with E-state index in [0.717, 1.165) is 6.42 Å². The van der Waals surface area contributed by atoms with Crippen molar-refractivity contribution in [1.82, 2.24) is 5.32 Å². The van der Waals surface area contributed by atoms with E-state index in [2.05, 4.69) is 5.32 Å². The first-order valence-corrected chi connectivity index (χ1v) is 6.53. The van der Waals surface area contributed by atoms with E-state index >= 15 is 0 Å². The molecule has 1 aromatic carbocycles. The Morgan fingerprint density at radius 1 is 1.39 bits per heavy atom. The molecule has 0 spiro atoms. The molecule has 0 heterocycles. The van der Waals surface area contributed by atoms with Crippen LogP contribution in [0.25, 0.3) is 0 Å². The van der Waals surface area contributed by atoms with Gasteiger partial charge in [-0.2, -0.15) is 0 Å². The number of thiocarbonyl (C=S) groups is 1. The molecule has 1 rings (SSSR count). The molecule has 4 heteroatoms. The molecule has 18 heavy (non-hydrogen) atoms. The molecular weight excluding hydrogens is 244 g/mol. The molecule has 1 unspecified atom stereocenters. The van der Waals surface area contributed by atoms with Crippen LogP contribution in [0.1, 0.15) is 25.8 Å². The lowest BCUT2D eigenvalue weighted by Crippen LogP contribution is -2.47. The molecule has 98 valence electrons. The van der Waals surface area contributed by atoms with Crippen molar-refractivity contribution in [3.63, 3.8) is 0 Å². The molecule has 0 aromatic heterocycles. The van der Waals surface area contributed by atoms with Gasteiger partial charge in [0.25, 0.3) is 0 Å². The van der Waals surface area contributed by atoms with Gasteiger partial charge >= 0.3 is 0 Å². The number of hydrogen-bond donors (Lipinski definition) is 2. The van der Waals surface area contributed by atoms with E-state index in [-0.39, 0.29) is 10.9 Å². The molecule has 0 saturated carbocycles. The van der Waals surface area contributed by atoms with Gasteiger partial charge in [-0.05, 0) is 25.3 Å². The highest BCUT2D eigenvalue weighted by Crippen LogP contribution is 2.21. The van der Waals surface area contributed by atoms with Gasteiger partial charge in [-0.1, -0.05) is 49.5 Å². The number of amides is 1. The standard InChI is InChI=1S/C14H20N2OS/c1-3-14(2,12(15)18)13(17)16-10-9-11-7-5-4-6-8-11/h4-8H,3,9-10H2,1-2H3,(H2,15,18)(H,16,17). The normalized spacial score (nSPS) is 13.7. The number of hydrogen-bond acceptors (Lipinski definition) is 2. The number of benzene rings is 1. The smallest absolute Gasteiger partial charge is 0.232 e. The molecule has 0 bridgehead atoms. The van der Waals surface area contributed by atoms with Crippen LogP contribution < -0.4 is 11.1 Å². The summed E-state index contributed by atoms with van der Waals surface area (Å²) in [4.78, 5) is 12.3. The minimum absolute atomic E-state index is 0.0894. The first-order valence-electron chi connectivity index (χ1n) is 6.13. The van der Waals surface area contributed by atoms with E-state index in [1.165, 1.54) is 5.56 Å². The highest BCUT2D eigenvalue weighted by molar-refractivity contribution is 7.80. The Labute approximate surface area is 114 Å².